The van der Waals surface area contributed by atoms with E-state index in [9.17, 15) is 35.1 Å². The first kappa shape index (κ1) is 27.8. The molecule has 0 spiro atoms. The van der Waals surface area contributed by atoms with E-state index in [4.69, 9.17) is 14.2 Å². The molecule has 10 heteroatoms. The standard InChI is InChI=1S/C29H42O10/c1-15-22(32)23(33)24(34)25(38-15)39-17-3-8-27(14-30)19-4-7-26(2)18(16-11-21(31)37-13-16)6-10-29(26,36)20(19)5-9-28(27,35)12-17/h11,14-15,17-20,22-25,32-36H,3-10,12-13H2,1-2H3/t15?,17?,18?,19-,20+,22?,23?,24?,25?,26?,27?,28?,29?/m0/s1. The van der Waals surface area contributed by atoms with E-state index in [0.29, 0.717) is 44.9 Å². The maximum atomic E-state index is 13.0. The maximum Gasteiger partial charge on any atom is 0.331 e. The number of carbonyl (C=O) groups excluding carboxylic acids is 2. The maximum absolute atomic E-state index is 13.0. The Morgan fingerprint density at radius 1 is 0.974 bits per heavy atom. The average Bonchev–Trinajstić information content (AvgIpc) is 3.45. The summed E-state index contributed by atoms with van der Waals surface area (Å²) in [5.41, 5.74) is -2.86. The third-order valence-corrected chi connectivity index (χ3v) is 12.0. The van der Waals surface area contributed by atoms with Gasteiger partial charge in [-0.3, -0.25) is 0 Å². The first-order chi connectivity index (χ1) is 18.4. The SMILES string of the molecule is CC1OC(OC2CCC3(C=O)[C@H]4CCC5(C)C(C6=CC(=O)OC6)CCC5(O)[C@@H]4CCC3(O)C2)C(O)C(O)C1O. The fourth-order valence-electron chi connectivity index (χ4n) is 9.75. The van der Waals surface area contributed by atoms with Gasteiger partial charge in [0, 0.05) is 17.9 Å². The van der Waals surface area contributed by atoms with E-state index in [-0.39, 0.29) is 36.8 Å². The Balaban J connectivity index is 1.22. The van der Waals surface area contributed by atoms with Gasteiger partial charge in [-0.25, -0.2) is 4.79 Å². The molecule has 0 amide bonds. The molecular formula is C29H42O10. The van der Waals surface area contributed by atoms with E-state index >= 15 is 0 Å². The van der Waals surface area contributed by atoms with Crippen LogP contribution in [-0.2, 0) is 23.8 Å². The summed E-state index contributed by atoms with van der Waals surface area (Å²) in [6.07, 6.45) is 0.689. The molecule has 10 nitrogen and oxygen atoms in total. The molecule has 0 radical (unpaired) electrons. The second-order valence-corrected chi connectivity index (χ2v) is 13.4. The van der Waals surface area contributed by atoms with Crippen molar-refractivity contribution in [2.45, 2.75) is 120 Å². The summed E-state index contributed by atoms with van der Waals surface area (Å²) in [6, 6.07) is 0. The summed E-state index contributed by atoms with van der Waals surface area (Å²) in [5.74, 6) is -0.616. The molecule has 1 saturated heterocycles. The van der Waals surface area contributed by atoms with Crippen molar-refractivity contribution in [2.24, 2.45) is 28.6 Å². The van der Waals surface area contributed by atoms with Crippen LogP contribution in [0.2, 0.25) is 0 Å². The zero-order chi connectivity index (χ0) is 28.0. The van der Waals surface area contributed by atoms with Crippen molar-refractivity contribution in [3.05, 3.63) is 11.6 Å². The van der Waals surface area contributed by atoms with Crippen LogP contribution in [-0.4, -0.2) is 92.4 Å². The Morgan fingerprint density at radius 3 is 2.41 bits per heavy atom. The molecule has 2 heterocycles. The Labute approximate surface area is 228 Å². The lowest BCUT2D eigenvalue weighted by atomic mass is 9.41. The number of rotatable bonds is 4. The van der Waals surface area contributed by atoms with Gasteiger partial charge < -0.3 is 44.5 Å². The molecule has 39 heavy (non-hydrogen) atoms. The fraction of sp³-hybridized carbons (Fsp3) is 0.862. The average molecular weight is 551 g/mol. The highest BCUT2D eigenvalue weighted by Crippen LogP contribution is 2.70. The van der Waals surface area contributed by atoms with Gasteiger partial charge in [-0.15, -0.1) is 0 Å². The van der Waals surface area contributed by atoms with Gasteiger partial charge in [-0.05, 0) is 81.6 Å². The third kappa shape index (κ3) is 3.78. The van der Waals surface area contributed by atoms with Crippen LogP contribution in [0.5, 0.6) is 0 Å². The van der Waals surface area contributed by atoms with Crippen LogP contribution in [0, 0.1) is 28.6 Å². The van der Waals surface area contributed by atoms with Crippen LogP contribution in [0.25, 0.3) is 0 Å². The van der Waals surface area contributed by atoms with Crippen molar-refractivity contribution in [1.29, 1.82) is 0 Å². The van der Waals surface area contributed by atoms with Crippen molar-refractivity contribution < 1.29 is 49.3 Å². The van der Waals surface area contributed by atoms with E-state index in [2.05, 4.69) is 6.92 Å². The van der Waals surface area contributed by atoms with E-state index < -0.39 is 58.8 Å². The first-order valence-electron chi connectivity index (χ1n) is 14.5. The number of carbonyl (C=O) groups is 2. The van der Waals surface area contributed by atoms with Crippen molar-refractivity contribution in [1.82, 2.24) is 0 Å². The highest BCUT2D eigenvalue weighted by molar-refractivity contribution is 5.85. The number of aldehydes is 1. The van der Waals surface area contributed by atoms with E-state index in [1.54, 1.807) is 13.0 Å². The van der Waals surface area contributed by atoms with Gasteiger partial charge >= 0.3 is 5.97 Å². The predicted octanol–water partition coefficient (Wildman–Crippen LogP) is 0.750. The van der Waals surface area contributed by atoms with Crippen LogP contribution in [0.1, 0.15) is 71.6 Å². The summed E-state index contributed by atoms with van der Waals surface area (Å²) < 4.78 is 16.9. The molecule has 6 aliphatic rings. The Hall–Kier alpha value is -1.40. The summed E-state index contributed by atoms with van der Waals surface area (Å²) >= 11 is 0. The quantitative estimate of drug-likeness (QED) is 0.192. The minimum atomic E-state index is -1.43. The highest BCUT2D eigenvalue weighted by atomic mass is 16.7. The van der Waals surface area contributed by atoms with E-state index in [1.807, 2.05) is 0 Å². The van der Waals surface area contributed by atoms with E-state index in [0.717, 1.165) is 18.3 Å². The lowest BCUT2D eigenvalue weighted by molar-refractivity contribution is -0.317. The number of hydrogen-bond acceptors (Lipinski definition) is 10. The summed E-state index contributed by atoms with van der Waals surface area (Å²) in [6.45, 7) is 3.98. The van der Waals surface area contributed by atoms with Crippen molar-refractivity contribution in [3.63, 3.8) is 0 Å². The molecule has 5 fully saturated rings. The topological polar surface area (TPSA) is 163 Å². The first-order valence-corrected chi connectivity index (χ1v) is 14.5. The largest absolute Gasteiger partial charge is 0.458 e. The summed E-state index contributed by atoms with van der Waals surface area (Å²) in [7, 11) is 0. The normalized spacial score (nSPS) is 55.2. The molecular weight excluding hydrogens is 508 g/mol. The number of aliphatic hydroxyl groups is 5. The molecule has 5 N–H and O–H groups in total. The minimum Gasteiger partial charge on any atom is -0.458 e. The van der Waals surface area contributed by atoms with Gasteiger partial charge in [0.25, 0.3) is 0 Å². The van der Waals surface area contributed by atoms with Crippen molar-refractivity contribution in [3.8, 4) is 0 Å². The second kappa shape index (κ2) is 9.31. The predicted molar refractivity (Wildman–Crippen MR) is 135 cm³/mol. The summed E-state index contributed by atoms with van der Waals surface area (Å²) in [4.78, 5) is 24.8. The van der Waals surface area contributed by atoms with Crippen molar-refractivity contribution >= 4 is 12.3 Å². The molecule has 0 aromatic heterocycles. The third-order valence-electron chi connectivity index (χ3n) is 12.0. The number of hydrogen-bond donors (Lipinski definition) is 5. The fourth-order valence-corrected chi connectivity index (χ4v) is 9.75. The number of fused-ring (bicyclic) bond motifs is 5. The monoisotopic (exact) mass is 550 g/mol. The molecule has 0 aromatic rings. The van der Waals surface area contributed by atoms with Crippen LogP contribution in [0.15, 0.2) is 11.6 Å². The Kier molecular flexibility index (Phi) is 6.62. The van der Waals surface area contributed by atoms with Crippen LogP contribution in [0.3, 0.4) is 0 Å². The molecule has 4 aliphatic carbocycles. The molecule has 11 unspecified atom stereocenters. The van der Waals surface area contributed by atoms with Crippen LogP contribution < -0.4 is 0 Å². The molecule has 4 saturated carbocycles. The lowest BCUT2D eigenvalue weighted by Crippen LogP contribution is -2.69. The highest BCUT2D eigenvalue weighted by Gasteiger charge is 2.71. The molecule has 2 aliphatic heterocycles. The number of esters is 1. The zero-order valence-corrected chi connectivity index (χ0v) is 22.7. The van der Waals surface area contributed by atoms with Gasteiger partial charge in [-0.2, -0.15) is 0 Å². The molecule has 0 aromatic carbocycles. The number of aliphatic hydroxyl groups excluding tert-OH is 3. The van der Waals surface area contributed by atoms with Crippen molar-refractivity contribution in [2.75, 3.05) is 6.61 Å². The van der Waals surface area contributed by atoms with Gasteiger partial charge in [0.15, 0.2) is 6.29 Å². The molecule has 218 valence electrons. The summed E-state index contributed by atoms with van der Waals surface area (Å²) in [5, 5.41) is 55.0. The molecule has 6 rings (SSSR count). The van der Waals surface area contributed by atoms with E-state index in [1.165, 1.54) is 0 Å². The lowest BCUT2D eigenvalue weighted by Gasteiger charge is -2.65. The van der Waals surface area contributed by atoms with Gasteiger partial charge in [0.05, 0.1) is 28.8 Å². The number of cyclic esters (lactones) is 1. The van der Waals surface area contributed by atoms with Gasteiger partial charge in [0.1, 0.15) is 31.2 Å². The molecule has 0 bridgehead atoms. The molecule has 13 atom stereocenters. The number of ether oxygens (including phenoxy) is 3. The van der Waals surface area contributed by atoms with Gasteiger partial charge in [0.2, 0.25) is 0 Å². The Morgan fingerprint density at radius 2 is 1.72 bits per heavy atom. The zero-order valence-electron chi connectivity index (χ0n) is 22.7. The second-order valence-electron chi connectivity index (χ2n) is 13.4. The minimum absolute atomic E-state index is 0.0465. The smallest absolute Gasteiger partial charge is 0.331 e. The Bertz CT molecular complexity index is 1050. The van der Waals surface area contributed by atoms with Crippen LogP contribution >= 0.6 is 0 Å². The van der Waals surface area contributed by atoms with Crippen LogP contribution in [0.4, 0.5) is 0 Å². The van der Waals surface area contributed by atoms with Gasteiger partial charge in [-0.1, -0.05) is 6.92 Å².